The van der Waals surface area contributed by atoms with E-state index in [4.69, 9.17) is 4.74 Å². The van der Waals surface area contributed by atoms with Crippen molar-refractivity contribution >= 4 is 28.3 Å². The van der Waals surface area contributed by atoms with Crippen LogP contribution in [0.4, 0.5) is 5.69 Å². The van der Waals surface area contributed by atoms with Crippen molar-refractivity contribution in [3.05, 3.63) is 72.3 Å². The molecule has 0 spiro atoms. The SMILES string of the molecule is C[C@@H](OC(=O)c1ccc(O)cc1)C(=O)Nc1cccc2ccccc12. The largest absolute Gasteiger partial charge is 0.508 e. The average molecular weight is 335 g/mol. The van der Waals surface area contributed by atoms with Gasteiger partial charge in [-0.25, -0.2) is 4.79 Å². The number of phenols is 1. The lowest BCUT2D eigenvalue weighted by atomic mass is 10.1. The lowest BCUT2D eigenvalue weighted by molar-refractivity contribution is -0.123. The summed E-state index contributed by atoms with van der Waals surface area (Å²) in [4.78, 5) is 24.4. The Balaban J connectivity index is 1.70. The van der Waals surface area contributed by atoms with Crippen molar-refractivity contribution in [2.45, 2.75) is 13.0 Å². The molecule has 3 aromatic carbocycles. The highest BCUT2D eigenvalue weighted by Gasteiger charge is 2.19. The Morgan fingerprint density at radius 1 is 0.960 bits per heavy atom. The summed E-state index contributed by atoms with van der Waals surface area (Å²) in [6.07, 6.45) is -0.958. The molecule has 25 heavy (non-hydrogen) atoms. The highest BCUT2D eigenvalue weighted by molar-refractivity contribution is 6.04. The van der Waals surface area contributed by atoms with Gasteiger partial charge in [-0.2, -0.15) is 0 Å². The van der Waals surface area contributed by atoms with E-state index in [1.54, 1.807) is 6.07 Å². The zero-order valence-corrected chi connectivity index (χ0v) is 13.6. The van der Waals surface area contributed by atoms with Crippen LogP contribution in [-0.2, 0) is 9.53 Å². The van der Waals surface area contributed by atoms with Crippen molar-refractivity contribution in [2.75, 3.05) is 5.32 Å². The van der Waals surface area contributed by atoms with Crippen LogP contribution >= 0.6 is 0 Å². The molecule has 0 aliphatic heterocycles. The Kier molecular flexibility index (Phi) is 4.66. The monoisotopic (exact) mass is 335 g/mol. The number of phenolic OH excluding ortho intramolecular Hbond substituents is 1. The Hall–Kier alpha value is -3.34. The van der Waals surface area contributed by atoms with Crippen LogP contribution in [0.25, 0.3) is 10.8 Å². The van der Waals surface area contributed by atoms with Crippen molar-refractivity contribution in [1.29, 1.82) is 0 Å². The summed E-state index contributed by atoms with van der Waals surface area (Å²) in [7, 11) is 0. The molecule has 3 aromatic rings. The summed E-state index contributed by atoms with van der Waals surface area (Å²) in [5.41, 5.74) is 0.929. The van der Waals surface area contributed by atoms with E-state index in [2.05, 4.69) is 5.32 Å². The number of fused-ring (bicyclic) bond motifs is 1. The molecule has 0 aromatic heterocycles. The lowest BCUT2D eigenvalue weighted by Gasteiger charge is -2.14. The summed E-state index contributed by atoms with van der Waals surface area (Å²) in [5, 5.41) is 14.0. The van der Waals surface area contributed by atoms with Crippen LogP contribution in [0, 0.1) is 0 Å². The second kappa shape index (κ2) is 7.05. The molecule has 0 unspecified atom stereocenters. The zero-order valence-electron chi connectivity index (χ0n) is 13.6. The molecule has 0 radical (unpaired) electrons. The Bertz CT molecular complexity index is 913. The Labute approximate surface area is 144 Å². The maximum absolute atomic E-state index is 12.3. The summed E-state index contributed by atoms with van der Waals surface area (Å²) < 4.78 is 5.19. The number of nitrogens with one attached hydrogen (secondary N) is 1. The van der Waals surface area contributed by atoms with Gasteiger partial charge in [0, 0.05) is 11.1 Å². The number of hydrogen-bond acceptors (Lipinski definition) is 4. The summed E-state index contributed by atoms with van der Waals surface area (Å²) in [6.45, 7) is 1.51. The number of aromatic hydroxyl groups is 1. The lowest BCUT2D eigenvalue weighted by Crippen LogP contribution is -2.30. The fourth-order valence-electron chi connectivity index (χ4n) is 2.45. The quantitative estimate of drug-likeness (QED) is 0.712. The predicted molar refractivity (Wildman–Crippen MR) is 95.6 cm³/mol. The third-order valence-corrected chi connectivity index (χ3v) is 3.80. The molecule has 0 heterocycles. The number of carbonyl (C=O) groups excluding carboxylic acids is 2. The summed E-state index contributed by atoms with van der Waals surface area (Å²) in [5.74, 6) is -0.984. The van der Waals surface area contributed by atoms with Gasteiger partial charge in [0.05, 0.1) is 5.56 Å². The third-order valence-electron chi connectivity index (χ3n) is 3.80. The molecule has 0 saturated heterocycles. The number of esters is 1. The van der Waals surface area contributed by atoms with Gasteiger partial charge in [-0.05, 0) is 42.6 Å². The second-order valence-corrected chi connectivity index (χ2v) is 5.61. The molecule has 1 atom stereocenters. The fraction of sp³-hybridized carbons (Fsp3) is 0.100. The van der Waals surface area contributed by atoms with Gasteiger partial charge >= 0.3 is 5.97 Å². The molecule has 0 aliphatic carbocycles. The van der Waals surface area contributed by atoms with Gasteiger partial charge in [0.15, 0.2) is 6.10 Å². The van der Waals surface area contributed by atoms with Crippen LogP contribution < -0.4 is 5.32 Å². The Morgan fingerprint density at radius 3 is 2.40 bits per heavy atom. The van der Waals surface area contributed by atoms with Crippen LogP contribution in [0.1, 0.15) is 17.3 Å². The van der Waals surface area contributed by atoms with Crippen LogP contribution in [0.15, 0.2) is 66.7 Å². The third kappa shape index (κ3) is 3.77. The van der Waals surface area contributed by atoms with Gasteiger partial charge in [-0.3, -0.25) is 4.79 Å². The minimum Gasteiger partial charge on any atom is -0.508 e. The van der Waals surface area contributed by atoms with Crippen molar-refractivity contribution in [1.82, 2.24) is 0 Å². The number of hydrogen-bond donors (Lipinski definition) is 2. The molecule has 3 rings (SSSR count). The van der Waals surface area contributed by atoms with Crippen LogP contribution in [0.5, 0.6) is 5.75 Å². The summed E-state index contributed by atoms with van der Waals surface area (Å²) in [6, 6.07) is 19.0. The summed E-state index contributed by atoms with van der Waals surface area (Å²) >= 11 is 0. The van der Waals surface area contributed by atoms with E-state index in [0.717, 1.165) is 10.8 Å². The number of anilines is 1. The number of rotatable bonds is 4. The van der Waals surface area contributed by atoms with E-state index < -0.39 is 18.0 Å². The van der Waals surface area contributed by atoms with E-state index in [1.165, 1.54) is 31.2 Å². The first-order valence-electron chi connectivity index (χ1n) is 7.83. The van der Waals surface area contributed by atoms with Crippen LogP contribution in [0.2, 0.25) is 0 Å². The number of benzene rings is 3. The highest BCUT2D eigenvalue weighted by atomic mass is 16.5. The molecule has 5 nitrogen and oxygen atoms in total. The molecular weight excluding hydrogens is 318 g/mol. The molecule has 126 valence electrons. The maximum Gasteiger partial charge on any atom is 0.338 e. The second-order valence-electron chi connectivity index (χ2n) is 5.61. The zero-order chi connectivity index (χ0) is 17.8. The van der Waals surface area contributed by atoms with Crippen molar-refractivity contribution in [2.24, 2.45) is 0 Å². The first-order valence-corrected chi connectivity index (χ1v) is 7.83. The first-order chi connectivity index (χ1) is 12.0. The minimum absolute atomic E-state index is 0.0540. The standard InChI is InChI=1S/C20H17NO4/c1-13(25-20(24)15-9-11-16(22)12-10-15)19(23)21-18-8-4-6-14-5-2-3-7-17(14)18/h2-13,22H,1H3,(H,21,23)/t13-/m1/s1. The van der Waals surface area contributed by atoms with Crippen LogP contribution in [-0.4, -0.2) is 23.1 Å². The number of carbonyl (C=O) groups is 2. The topological polar surface area (TPSA) is 75.6 Å². The van der Waals surface area contributed by atoms with E-state index in [9.17, 15) is 14.7 Å². The van der Waals surface area contributed by atoms with Crippen molar-refractivity contribution < 1.29 is 19.4 Å². The molecule has 5 heteroatoms. The first kappa shape index (κ1) is 16.5. The van der Waals surface area contributed by atoms with E-state index in [0.29, 0.717) is 5.69 Å². The van der Waals surface area contributed by atoms with Crippen LogP contribution in [0.3, 0.4) is 0 Å². The highest BCUT2D eigenvalue weighted by Crippen LogP contribution is 2.23. The smallest absolute Gasteiger partial charge is 0.338 e. The molecule has 0 saturated carbocycles. The molecule has 0 bridgehead atoms. The van der Waals surface area contributed by atoms with Gasteiger partial charge < -0.3 is 15.2 Å². The van der Waals surface area contributed by atoms with Gasteiger partial charge in [0.1, 0.15) is 5.75 Å². The molecule has 2 N–H and O–H groups in total. The fourth-order valence-corrected chi connectivity index (χ4v) is 2.45. The van der Waals surface area contributed by atoms with E-state index >= 15 is 0 Å². The molecule has 0 fully saturated rings. The predicted octanol–water partition coefficient (Wildman–Crippen LogP) is 3.73. The van der Waals surface area contributed by atoms with Gasteiger partial charge in [0.2, 0.25) is 0 Å². The van der Waals surface area contributed by atoms with Crippen molar-refractivity contribution in [3.63, 3.8) is 0 Å². The van der Waals surface area contributed by atoms with Gasteiger partial charge in [-0.15, -0.1) is 0 Å². The average Bonchev–Trinajstić information content (AvgIpc) is 2.62. The van der Waals surface area contributed by atoms with Crippen molar-refractivity contribution in [3.8, 4) is 5.75 Å². The molecule has 0 aliphatic rings. The van der Waals surface area contributed by atoms with Gasteiger partial charge in [-0.1, -0.05) is 36.4 Å². The molecule has 1 amide bonds. The molecular formula is C20H17NO4. The van der Waals surface area contributed by atoms with E-state index in [-0.39, 0.29) is 11.3 Å². The number of ether oxygens (including phenoxy) is 1. The minimum atomic E-state index is -0.958. The van der Waals surface area contributed by atoms with E-state index in [1.807, 2.05) is 36.4 Å². The Morgan fingerprint density at radius 2 is 1.64 bits per heavy atom. The number of amides is 1. The normalized spacial score (nSPS) is 11.7. The maximum atomic E-state index is 12.3. The van der Waals surface area contributed by atoms with Gasteiger partial charge in [0.25, 0.3) is 5.91 Å².